The maximum Gasteiger partial charge on any atom is 0.107 e. The molecule has 0 saturated carbocycles. The number of hydrogen-bond donors (Lipinski definition) is 2. The van der Waals surface area contributed by atoms with E-state index in [4.69, 9.17) is 0 Å². The molecule has 14 heavy (non-hydrogen) atoms. The number of nitrogens with one attached hydrogen (secondary N) is 2. The first-order chi connectivity index (χ1) is 6.95. The Kier molecular flexibility index (Phi) is 2.76. The molecule has 2 aromatic rings. The van der Waals surface area contributed by atoms with E-state index in [0.29, 0.717) is 0 Å². The van der Waals surface area contributed by atoms with E-state index in [0.717, 1.165) is 24.5 Å². The normalized spacial score (nSPS) is 10.0. The van der Waals surface area contributed by atoms with Gasteiger partial charge in [-0.15, -0.1) is 0 Å². The molecular formula is C10H12N4. The van der Waals surface area contributed by atoms with Crippen molar-refractivity contribution in [3.8, 4) is 0 Å². The van der Waals surface area contributed by atoms with E-state index in [2.05, 4.69) is 20.3 Å². The van der Waals surface area contributed by atoms with E-state index in [9.17, 15) is 0 Å². The molecule has 72 valence electrons. The van der Waals surface area contributed by atoms with Gasteiger partial charge in [-0.05, 0) is 12.1 Å². The zero-order chi connectivity index (χ0) is 9.64. The van der Waals surface area contributed by atoms with Crippen LogP contribution in [0.5, 0.6) is 0 Å². The zero-order valence-corrected chi connectivity index (χ0v) is 7.77. The van der Waals surface area contributed by atoms with Crippen molar-refractivity contribution in [1.82, 2.24) is 15.0 Å². The second-order valence-electron chi connectivity index (χ2n) is 2.95. The highest BCUT2D eigenvalue weighted by Crippen LogP contribution is 2.02. The molecule has 0 radical (unpaired) electrons. The SMILES string of the molecule is c1cc(NCCc2ncc[nH]2)ccn1. The molecule has 0 aliphatic carbocycles. The average Bonchev–Trinajstić information content (AvgIpc) is 2.72. The Hall–Kier alpha value is -1.84. The second-order valence-corrected chi connectivity index (χ2v) is 2.95. The van der Waals surface area contributed by atoms with Crippen LogP contribution in [0.2, 0.25) is 0 Å². The summed E-state index contributed by atoms with van der Waals surface area (Å²) in [6.07, 6.45) is 8.04. The van der Waals surface area contributed by atoms with Crippen molar-refractivity contribution in [3.63, 3.8) is 0 Å². The molecule has 2 rings (SSSR count). The molecule has 0 aliphatic rings. The van der Waals surface area contributed by atoms with Crippen LogP contribution in [0, 0.1) is 0 Å². The molecule has 0 fully saturated rings. The number of hydrogen-bond acceptors (Lipinski definition) is 3. The molecule has 2 N–H and O–H groups in total. The standard InChI is InChI=1S/C10H12N4/c1-4-11-5-2-9(1)12-6-3-10-13-7-8-14-10/h1-2,4-5,7-8H,3,6H2,(H,11,12)(H,13,14). The Morgan fingerprint density at radius 2 is 2.07 bits per heavy atom. The summed E-state index contributed by atoms with van der Waals surface area (Å²) in [5.41, 5.74) is 1.09. The maximum absolute atomic E-state index is 4.14. The molecule has 0 saturated heterocycles. The number of pyridine rings is 1. The highest BCUT2D eigenvalue weighted by atomic mass is 14.9. The minimum atomic E-state index is 0.873. The summed E-state index contributed by atoms with van der Waals surface area (Å²) >= 11 is 0. The van der Waals surface area contributed by atoms with E-state index >= 15 is 0 Å². The molecule has 0 bridgehead atoms. The van der Waals surface area contributed by atoms with Gasteiger partial charge in [0.05, 0.1) is 0 Å². The predicted octanol–water partition coefficient (Wildman–Crippen LogP) is 1.46. The average molecular weight is 188 g/mol. The third-order valence-corrected chi connectivity index (χ3v) is 1.93. The third kappa shape index (κ3) is 2.32. The van der Waals surface area contributed by atoms with E-state index in [1.54, 1.807) is 18.6 Å². The van der Waals surface area contributed by atoms with Crippen LogP contribution in [0.4, 0.5) is 5.69 Å². The molecular weight excluding hydrogens is 176 g/mol. The summed E-state index contributed by atoms with van der Waals surface area (Å²) in [6.45, 7) is 0.873. The smallest absolute Gasteiger partial charge is 0.107 e. The molecule has 2 heterocycles. The molecule has 4 heteroatoms. The first-order valence-corrected chi connectivity index (χ1v) is 4.57. The van der Waals surface area contributed by atoms with Crippen molar-refractivity contribution in [2.24, 2.45) is 0 Å². The van der Waals surface area contributed by atoms with Crippen LogP contribution in [0.15, 0.2) is 36.9 Å². The molecule has 2 aromatic heterocycles. The van der Waals surface area contributed by atoms with E-state index < -0.39 is 0 Å². The fourth-order valence-corrected chi connectivity index (χ4v) is 1.23. The highest BCUT2D eigenvalue weighted by molar-refractivity contribution is 5.40. The van der Waals surface area contributed by atoms with Crippen LogP contribution in [-0.2, 0) is 6.42 Å². The molecule has 4 nitrogen and oxygen atoms in total. The summed E-state index contributed by atoms with van der Waals surface area (Å²) in [5.74, 6) is 1.01. The predicted molar refractivity (Wildman–Crippen MR) is 55.0 cm³/mol. The van der Waals surface area contributed by atoms with Gasteiger partial charge in [-0.2, -0.15) is 0 Å². The zero-order valence-electron chi connectivity index (χ0n) is 7.77. The van der Waals surface area contributed by atoms with Gasteiger partial charge < -0.3 is 10.3 Å². The summed E-state index contributed by atoms with van der Waals surface area (Å²) < 4.78 is 0. The van der Waals surface area contributed by atoms with Gasteiger partial charge in [0.1, 0.15) is 5.82 Å². The van der Waals surface area contributed by atoms with Crippen molar-refractivity contribution >= 4 is 5.69 Å². The van der Waals surface area contributed by atoms with Gasteiger partial charge in [0.25, 0.3) is 0 Å². The lowest BCUT2D eigenvalue weighted by atomic mass is 10.3. The fraction of sp³-hybridized carbons (Fsp3) is 0.200. The Bertz CT molecular complexity index is 355. The quantitative estimate of drug-likeness (QED) is 0.763. The molecule has 0 amide bonds. The van der Waals surface area contributed by atoms with Gasteiger partial charge in [-0.25, -0.2) is 4.98 Å². The Labute approximate surface area is 82.4 Å². The lowest BCUT2D eigenvalue weighted by molar-refractivity contribution is 0.927. The van der Waals surface area contributed by atoms with Gasteiger partial charge in [-0.1, -0.05) is 0 Å². The van der Waals surface area contributed by atoms with Crippen molar-refractivity contribution in [1.29, 1.82) is 0 Å². The summed E-state index contributed by atoms with van der Waals surface area (Å²) in [6, 6.07) is 3.89. The highest BCUT2D eigenvalue weighted by Gasteiger charge is 1.94. The lowest BCUT2D eigenvalue weighted by Gasteiger charge is -2.03. The summed E-state index contributed by atoms with van der Waals surface area (Å²) in [5, 5.41) is 3.28. The molecule has 0 aliphatic heterocycles. The van der Waals surface area contributed by atoms with Crippen molar-refractivity contribution in [2.75, 3.05) is 11.9 Å². The number of aromatic amines is 1. The van der Waals surface area contributed by atoms with E-state index in [-0.39, 0.29) is 0 Å². The monoisotopic (exact) mass is 188 g/mol. The number of H-pyrrole nitrogens is 1. The van der Waals surface area contributed by atoms with Crippen LogP contribution in [0.1, 0.15) is 5.82 Å². The van der Waals surface area contributed by atoms with Crippen molar-refractivity contribution in [2.45, 2.75) is 6.42 Å². The van der Waals surface area contributed by atoms with Crippen LogP contribution >= 0.6 is 0 Å². The number of aromatic nitrogens is 3. The first kappa shape index (κ1) is 8.74. The number of anilines is 1. The van der Waals surface area contributed by atoms with E-state index in [1.807, 2.05) is 18.3 Å². The fourth-order valence-electron chi connectivity index (χ4n) is 1.23. The van der Waals surface area contributed by atoms with Crippen LogP contribution in [0.3, 0.4) is 0 Å². The molecule has 0 aromatic carbocycles. The van der Waals surface area contributed by atoms with Gasteiger partial charge in [0.2, 0.25) is 0 Å². The lowest BCUT2D eigenvalue weighted by Crippen LogP contribution is -2.05. The largest absolute Gasteiger partial charge is 0.385 e. The summed E-state index contributed by atoms with van der Waals surface area (Å²) in [4.78, 5) is 11.1. The number of rotatable bonds is 4. The molecule has 0 atom stereocenters. The molecule has 0 unspecified atom stereocenters. The van der Waals surface area contributed by atoms with E-state index in [1.165, 1.54) is 0 Å². The second kappa shape index (κ2) is 4.41. The van der Waals surface area contributed by atoms with Crippen molar-refractivity contribution in [3.05, 3.63) is 42.7 Å². The third-order valence-electron chi connectivity index (χ3n) is 1.93. The van der Waals surface area contributed by atoms with Crippen LogP contribution in [-0.4, -0.2) is 21.5 Å². The minimum Gasteiger partial charge on any atom is -0.385 e. The molecule has 0 spiro atoms. The first-order valence-electron chi connectivity index (χ1n) is 4.57. The van der Waals surface area contributed by atoms with Gasteiger partial charge in [0, 0.05) is 43.4 Å². The summed E-state index contributed by atoms with van der Waals surface area (Å²) in [7, 11) is 0. The Morgan fingerprint density at radius 1 is 1.21 bits per heavy atom. The maximum atomic E-state index is 4.14. The number of imidazole rings is 1. The number of nitrogens with zero attached hydrogens (tertiary/aromatic N) is 2. The Morgan fingerprint density at radius 3 is 2.79 bits per heavy atom. The van der Waals surface area contributed by atoms with Gasteiger partial charge in [-0.3, -0.25) is 4.98 Å². The van der Waals surface area contributed by atoms with Gasteiger partial charge in [0.15, 0.2) is 0 Å². The van der Waals surface area contributed by atoms with Crippen LogP contribution < -0.4 is 5.32 Å². The van der Waals surface area contributed by atoms with Crippen LogP contribution in [0.25, 0.3) is 0 Å². The Balaban J connectivity index is 1.79. The van der Waals surface area contributed by atoms with Gasteiger partial charge >= 0.3 is 0 Å². The minimum absolute atomic E-state index is 0.873. The topological polar surface area (TPSA) is 53.6 Å². The van der Waals surface area contributed by atoms with Crippen molar-refractivity contribution < 1.29 is 0 Å².